The Morgan fingerprint density at radius 3 is 2.83 bits per heavy atom. The maximum absolute atomic E-state index is 10.4. The summed E-state index contributed by atoms with van der Waals surface area (Å²) >= 11 is 0. The molecule has 0 aromatic carbocycles. The van der Waals surface area contributed by atoms with Gasteiger partial charge in [0.15, 0.2) is 5.76 Å². The van der Waals surface area contributed by atoms with Gasteiger partial charge in [-0.25, -0.2) is 0 Å². The lowest BCUT2D eigenvalue weighted by Gasteiger charge is -2.24. The zero-order valence-corrected chi connectivity index (χ0v) is 10.6. The maximum atomic E-state index is 10.4. The Morgan fingerprint density at radius 1 is 1.56 bits per heavy atom. The van der Waals surface area contributed by atoms with Gasteiger partial charge in [0.05, 0.1) is 18.5 Å². The van der Waals surface area contributed by atoms with Crippen molar-refractivity contribution in [1.29, 1.82) is 0 Å². The first kappa shape index (κ1) is 14.5. The van der Waals surface area contributed by atoms with Crippen molar-refractivity contribution in [3.8, 4) is 0 Å². The number of aliphatic hydroxyl groups is 1. The SMILES string of the molecule is COC1=C(N)CC(CO)C/C1=N\CCCC(=O)O. The molecule has 18 heavy (non-hydrogen) atoms. The lowest BCUT2D eigenvalue weighted by Crippen LogP contribution is -2.26. The van der Waals surface area contributed by atoms with E-state index >= 15 is 0 Å². The van der Waals surface area contributed by atoms with Crippen LogP contribution in [0.2, 0.25) is 0 Å². The molecule has 1 atom stereocenters. The molecule has 0 saturated heterocycles. The normalized spacial score (nSPS) is 22.3. The first-order valence-corrected chi connectivity index (χ1v) is 5.97. The Hall–Kier alpha value is -1.56. The molecule has 6 nitrogen and oxygen atoms in total. The summed E-state index contributed by atoms with van der Waals surface area (Å²) in [5.74, 6) is -0.175. The van der Waals surface area contributed by atoms with Crippen molar-refractivity contribution in [2.45, 2.75) is 25.7 Å². The summed E-state index contributed by atoms with van der Waals surface area (Å²) in [6.07, 6.45) is 1.81. The van der Waals surface area contributed by atoms with E-state index in [1.54, 1.807) is 0 Å². The van der Waals surface area contributed by atoms with Gasteiger partial charge in [0.25, 0.3) is 0 Å². The van der Waals surface area contributed by atoms with E-state index in [9.17, 15) is 9.90 Å². The Bertz CT molecular complexity index is 363. The van der Waals surface area contributed by atoms with Crippen LogP contribution in [0.15, 0.2) is 16.4 Å². The van der Waals surface area contributed by atoms with Gasteiger partial charge in [-0.1, -0.05) is 0 Å². The fourth-order valence-electron chi connectivity index (χ4n) is 1.99. The number of aliphatic carboxylic acids is 1. The predicted molar refractivity (Wildman–Crippen MR) is 67.2 cm³/mol. The van der Waals surface area contributed by atoms with Crippen LogP contribution >= 0.6 is 0 Å². The standard InChI is InChI=1S/C12H20N2O4/c1-18-12-9(13)5-8(7-15)6-10(12)14-4-2-3-11(16)17/h8,15H,2-7,13H2,1H3,(H,16,17)/b14-10+. The first-order chi connectivity index (χ1) is 8.58. The quantitative estimate of drug-likeness (QED) is 0.600. The molecule has 0 aliphatic heterocycles. The number of nitrogens with zero attached hydrogens (tertiary/aromatic N) is 1. The third-order valence-corrected chi connectivity index (χ3v) is 2.86. The molecule has 0 bridgehead atoms. The van der Waals surface area contributed by atoms with Crippen molar-refractivity contribution in [2.24, 2.45) is 16.6 Å². The smallest absolute Gasteiger partial charge is 0.303 e. The van der Waals surface area contributed by atoms with Gasteiger partial charge in [-0.05, 0) is 25.2 Å². The van der Waals surface area contributed by atoms with Gasteiger partial charge in [-0.2, -0.15) is 0 Å². The lowest BCUT2D eigenvalue weighted by molar-refractivity contribution is -0.137. The highest BCUT2D eigenvalue weighted by Gasteiger charge is 2.24. The number of hydrogen-bond donors (Lipinski definition) is 3. The second kappa shape index (κ2) is 7.00. The van der Waals surface area contributed by atoms with Crippen LogP contribution in [-0.4, -0.2) is 42.2 Å². The molecular weight excluding hydrogens is 236 g/mol. The Morgan fingerprint density at radius 2 is 2.28 bits per heavy atom. The summed E-state index contributed by atoms with van der Waals surface area (Å²) in [7, 11) is 1.54. The van der Waals surface area contributed by atoms with E-state index in [1.807, 2.05) is 0 Å². The topological polar surface area (TPSA) is 105 Å². The number of carboxylic acids is 1. The van der Waals surface area contributed by atoms with E-state index in [2.05, 4.69) is 4.99 Å². The van der Waals surface area contributed by atoms with Crippen molar-refractivity contribution in [1.82, 2.24) is 0 Å². The summed E-state index contributed by atoms with van der Waals surface area (Å²) in [5.41, 5.74) is 7.19. The molecule has 6 heteroatoms. The van der Waals surface area contributed by atoms with Crippen molar-refractivity contribution in [3.05, 3.63) is 11.5 Å². The highest BCUT2D eigenvalue weighted by molar-refractivity contribution is 6.00. The minimum Gasteiger partial charge on any atom is -0.493 e. The highest BCUT2D eigenvalue weighted by Crippen LogP contribution is 2.25. The van der Waals surface area contributed by atoms with Gasteiger partial charge in [0, 0.05) is 19.6 Å². The fraction of sp³-hybridized carbons (Fsp3) is 0.667. The van der Waals surface area contributed by atoms with Crippen LogP contribution in [0, 0.1) is 5.92 Å². The fourth-order valence-corrected chi connectivity index (χ4v) is 1.99. The van der Waals surface area contributed by atoms with E-state index in [0.29, 0.717) is 37.3 Å². The second-order valence-electron chi connectivity index (χ2n) is 4.34. The van der Waals surface area contributed by atoms with Crippen LogP contribution in [0.3, 0.4) is 0 Å². The number of aliphatic imine (C=N–C) groups is 1. The van der Waals surface area contributed by atoms with Crippen LogP contribution < -0.4 is 5.73 Å². The number of rotatable bonds is 6. The molecule has 0 spiro atoms. The number of methoxy groups -OCH3 is 1. The number of aliphatic hydroxyl groups excluding tert-OH is 1. The highest BCUT2D eigenvalue weighted by atomic mass is 16.5. The van der Waals surface area contributed by atoms with Gasteiger partial charge in [-0.15, -0.1) is 0 Å². The zero-order chi connectivity index (χ0) is 13.5. The molecule has 0 aromatic heterocycles. The molecule has 1 aliphatic rings. The van der Waals surface area contributed by atoms with Gasteiger partial charge < -0.3 is 20.7 Å². The van der Waals surface area contributed by atoms with Crippen LogP contribution in [0.5, 0.6) is 0 Å². The van der Waals surface area contributed by atoms with Crippen LogP contribution in [0.1, 0.15) is 25.7 Å². The molecule has 0 heterocycles. The van der Waals surface area contributed by atoms with Crippen LogP contribution in [0.4, 0.5) is 0 Å². The zero-order valence-electron chi connectivity index (χ0n) is 10.6. The van der Waals surface area contributed by atoms with Crippen molar-refractivity contribution >= 4 is 11.7 Å². The molecule has 0 radical (unpaired) electrons. The Balaban J connectivity index is 2.67. The average Bonchev–Trinajstić information content (AvgIpc) is 2.33. The van der Waals surface area contributed by atoms with Crippen molar-refractivity contribution < 1.29 is 19.7 Å². The first-order valence-electron chi connectivity index (χ1n) is 5.97. The van der Waals surface area contributed by atoms with Gasteiger partial charge >= 0.3 is 5.97 Å². The lowest BCUT2D eigenvalue weighted by atomic mass is 9.90. The molecule has 0 fully saturated rings. The van der Waals surface area contributed by atoms with Crippen LogP contribution in [-0.2, 0) is 9.53 Å². The number of ether oxygens (including phenoxy) is 1. The summed E-state index contributed by atoms with van der Waals surface area (Å²) < 4.78 is 5.21. The third-order valence-electron chi connectivity index (χ3n) is 2.86. The number of allylic oxidation sites excluding steroid dienone is 2. The Kier molecular flexibility index (Phi) is 5.64. The van der Waals surface area contributed by atoms with E-state index in [-0.39, 0.29) is 18.9 Å². The molecule has 102 valence electrons. The number of nitrogens with two attached hydrogens (primary N) is 1. The summed E-state index contributed by atoms with van der Waals surface area (Å²) in [5, 5.41) is 17.7. The van der Waals surface area contributed by atoms with Gasteiger partial charge in [-0.3, -0.25) is 9.79 Å². The van der Waals surface area contributed by atoms with Crippen molar-refractivity contribution in [2.75, 3.05) is 20.3 Å². The Labute approximate surface area is 106 Å². The molecule has 0 saturated carbocycles. The maximum Gasteiger partial charge on any atom is 0.303 e. The van der Waals surface area contributed by atoms with Gasteiger partial charge in [0.2, 0.25) is 0 Å². The summed E-state index contributed by atoms with van der Waals surface area (Å²) in [4.78, 5) is 14.7. The predicted octanol–water partition coefficient (Wildman–Crippen LogP) is 0.511. The van der Waals surface area contributed by atoms with Crippen LogP contribution in [0.25, 0.3) is 0 Å². The molecular formula is C12H20N2O4. The molecule has 0 aromatic rings. The van der Waals surface area contributed by atoms with Crippen molar-refractivity contribution in [3.63, 3.8) is 0 Å². The van der Waals surface area contributed by atoms with E-state index in [4.69, 9.17) is 15.6 Å². The van der Waals surface area contributed by atoms with E-state index < -0.39 is 5.97 Å². The third kappa shape index (κ3) is 4.03. The molecule has 1 unspecified atom stereocenters. The van der Waals surface area contributed by atoms with E-state index in [1.165, 1.54) is 7.11 Å². The second-order valence-corrected chi connectivity index (χ2v) is 4.34. The minimum absolute atomic E-state index is 0.0613. The largest absolute Gasteiger partial charge is 0.493 e. The molecule has 1 aliphatic carbocycles. The average molecular weight is 256 g/mol. The monoisotopic (exact) mass is 256 g/mol. The molecule has 1 rings (SSSR count). The number of hydrogen-bond acceptors (Lipinski definition) is 5. The summed E-state index contributed by atoms with van der Waals surface area (Å²) in [6.45, 7) is 0.492. The van der Waals surface area contributed by atoms with E-state index in [0.717, 1.165) is 5.71 Å². The molecule has 4 N–H and O–H groups in total. The minimum atomic E-state index is -0.825. The van der Waals surface area contributed by atoms with Gasteiger partial charge in [0.1, 0.15) is 0 Å². The summed E-state index contributed by atoms with van der Waals surface area (Å²) in [6, 6.07) is 0. The molecule has 0 amide bonds. The number of carboxylic acid groups (broad SMARTS) is 1. The number of carbonyl (C=O) groups is 1.